The van der Waals surface area contributed by atoms with Gasteiger partial charge in [-0.3, -0.25) is 14.5 Å². The first kappa shape index (κ1) is 19.4. The molecule has 0 bridgehead atoms. The molecule has 138 valence electrons. The van der Waals surface area contributed by atoms with Crippen LogP contribution in [0.25, 0.3) is 0 Å². The lowest BCUT2D eigenvalue weighted by molar-refractivity contribution is -0.128. The van der Waals surface area contributed by atoms with Gasteiger partial charge in [0, 0.05) is 33.1 Å². The van der Waals surface area contributed by atoms with Crippen molar-refractivity contribution in [2.45, 2.75) is 52.1 Å². The first-order chi connectivity index (χ1) is 12.0. The molecule has 1 aliphatic heterocycles. The molecule has 5 heteroatoms. The van der Waals surface area contributed by atoms with Gasteiger partial charge in [0.2, 0.25) is 11.8 Å². The minimum absolute atomic E-state index is 0.0573. The fraction of sp³-hybridized carbons (Fsp3) is 0.600. The van der Waals surface area contributed by atoms with Gasteiger partial charge in [0.15, 0.2) is 0 Å². The van der Waals surface area contributed by atoms with E-state index in [1.165, 1.54) is 0 Å². The van der Waals surface area contributed by atoms with Crippen LogP contribution < -0.4 is 5.32 Å². The lowest BCUT2D eigenvalue weighted by Gasteiger charge is -2.29. The number of nitrogens with one attached hydrogen (secondary N) is 1. The van der Waals surface area contributed by atoms with Gasteiger partial charge in [-0.2, -0.15) is 0 Å². The largest absolute Gasteiger partial charge is 0.348 e. The summed E-state index contributed by atoms with van der Waals surface area (Å²) >= 11 is 0. The van der Waals surface area contributed by atoms with E-state index in [0.29, 0.717) is 6.54 Å². The first-order valence-corrected chi connectivity index (χ1v) is 9.37. The minimum atomic E-state index is -0.185. The van der Waals surface area contributed by atoms with Gasteiger partial charge in [0.1, 0.15) is 0 Å². The van der Waals surface area contributed by atoms with Gasteiger partial charge in [-0.15, -0.1) is 0 Å². The summed E-state index contributed by atoms with van der Waals surface area (Å²) in [5, 5.41) is 3.22. The molecule has 2 unspecified atom stereocenters. The second kappa shape index (κ2) is 9.56. The van der Waals surface area contributed by atoms with Crippen molar-refractivity contribution in [3.05, 3.63) is 35.9 Å². The molecule has 1 heterocycles. The molecule has 0 spiro atoms. The topological polar surface area (TPSA) is 52.7 Å². The highest BCUT2D eigenvalue weighted by atomic mass is 16.2. The molecular weight excluding hydrogens is 314 g/mol. The van der Waals surface area contributed by atoms with Gasteiger partial charge >= 0.3 is 0 Å². The highest BCUT2D eigenvalue weighted by Gasteiger charge is 2.26. The summed E-state index contributed by atoms with van der Waals surface area (Å²) in [6.45, 7) is 8.79. The van der Waals surface area contributed by atoms with Crippen LogP contribution in [0.4, 0.5) is 0 Å². The summed E-state index contributed by atoms with van der Waals surface area (Å²) in [5.41, 5.74) is 1.16. The minimum Gasteiger partial charge on any atom is -0.348 e. The normalized spacial score (nSPS) is 18.3. The quantitative estimate of drug-likeness (QED) is 0.862. The van der Waals surface area contributed by atoms with Crippen LogP contribution in [0.15, 0.2) is 30.3 Å². The Morgan fingerprint density at radius 1 is 1.12 bits per heavy atom. The number of rotatable bonds is 6. The maximum atomic E-state index is 12.8. The molecule has 1 aromatic rings. The lowest BCUT2D eigenvalue weighted by Crippen LogP contribution is -2.47. The highest BCUT2D eigenvalue weighted by Crippen LogP contribution is 2.19. The van der Waals surface area contributed by atoms with Crippen LogP contribution in [0, 0.1) is 0 Å². The number of hydrogen-bond donors (Lipinski definition) is 1. The van der Waals surface area contributed by atoms with E-state index in [-0.39, 0.29) is 23.9 Å². The number of hydrogen-bond acceptors (Lipinski definition) is 3. The van der Waals surface area contributed by atoms with Crippen molar-refractivity contribution in [3.8, 4) is 0 Å². The number of amides is 2. The van der Waals surface area contributed by atoms with Crippen LogP contribution >= 0.6 is 0 Å². The molecule has 1 aromatic carbocycles. The zero-order valence-electron chi connectivity index (χ0n) is 15.7. The fourth-order valence-electron chi connectivity index (χ4n) is 3.39. The smallest absolute Gasteiger partial charge is 0.237 e. The molecule has 2 rings (SSSR count). The molecule has 2 amide bonds. The average Bonchev–Trinajstić information content (AvgIpc) is 2.87. The van der Waals surface area contributed by atoms with E-state index in [1.807, 2.05) is 30.0 Å². The van der Waals surface area contributed by atoms with Crippen molar-refractivity contribution in [2.75, 3.05) is 26.2 Å². The number of carbonyl (C=O) groups is 2. The van der Waals surface area contributed by atoms with Crippen molar-refractivity contribution in [2.24, 2.45) is 0 Å². The van der Waals surface area contributed by atoms with Crippen molar-refractivity contribution in [1.29, 1.82) is 0 Å². The maximum Gasteiger partial charge on any atom is 0.237 e. The zero-order valence-corrected chi connectivity index (χ0v) is 15.7. The SMILES string of the molecule is CCCC(NC(=O)C(C)N1CCCN(C(C)=O)CC1)c1ccccc1. The van der Waals surface area contributed by atoms with Crippen LogP contribution in [-0.2, 0) is 9.59 Å². The Bertz CT molecular complexity index is 561. The predicted octanol–water partition coefficient (Wildman–Crippen LogP) is 2.59. The third-order valence-electron chi connectivity index (χ3n) is 5.00. The van der Waals surface area contributed by atoms with Gasteiger partial charge in [-0.05, 0) is 25.3 Å². The van der Waals surface area contributed by atoms with E-state index in [0.717, 1.165) is 44.5 Å². The van der Waals surface area contributed by atoms with E-state index in [4.69, 9.17) is 0 Å². The van der Waals surface area contributed by atoms with Crippen molar-refractivity contribution in [1.82, 2.24) is 15.1 Å². The number of carbonyl (C=O) groups excluding carboxylic acids is 2. The first-order valence-electron chi connectivity index (χ1n) is 9.37. The van der Waals surface area contributed by atoms with E-state index in [2.05, 4.69) is 29.3 Å². The molecule has 1 fully saturated rings. The van der Waals surface area contributed by atoms with Gasteiger partial charge in [-0.25, -0.2) is 0 Å². The standard InChI is InChI=1S/C20H31N3O2/c1-4-9-19(18-10-6-5-7-11-18)21-20(25)16(2)22-12-8-13-23(15-14-22)17(3)24/h5-7,10-11,16,19H,4,8-9,12-15H2,1-3H3,(H,21,25). The molecule has 1 N–H and O–H groups in total. The summed E-state index contributed by atoms with van der Waals surface area (Å²) in [5.74, 6) is 0.185. The van der Waals surface area contributed by atoms with Crippen LogP contribution in [-0.4, -0.2) is 53.8 Å². The number of benzene rings is 1. The van der Waals surface area contributed by atoms with E-state index in [1.54, 1.807) is 6.92 Å². The molecule has 25 heavy (non-hydrogen) atoms. The third kappa shape index (κ3) is 5.56. The second-order valence-electron chi connectivity index (χ2n) is 6.83. The van der Waals surface area contributed by atoms with Crippen LogP contribution in [0.5, 0.6) is 0 Å². The highest BCUT2D eigenvalue weighted by molar-refractivity contribution is 5.81. The van der Waals surface area contributed by atoms with Crippen LogP contribution in [0.3, 0.4) is 0 Å². The van der Waals surface area contributed by atoms with E-state index >= 15 is 0 Å². The Morgan fingerprint density at radius 2 is 1.84 bits per heavy atom. The average molecular weight is 345 g/mol. The molecule has 0 aliphatic carbocycles. The Morgan fingerprint density at radius 3 is 2.48 bits per heavy atom. The lowest BCUT2D eigenvalue weighted by atomic mass is 10.0. The molecule has 5 nitrogen and oxygen atoms in total. The van der Waals surface area contributed by atoms with Crippen molar-refractivity contribution >= 4 is 11.8 Å². The predicted molar refractivity (Wildman–Crippen MR) is 100 cm³/mol. The zero-order chi connectivity index (χ0) is 18.2. The summed E-state index contributed by atoms with van der Waals surface area (Å²) < 4.78 is 0. The molecule has 2 atom stereocenters. The molecule has 0 saturated carbocycles. The van der Waals surface area contributed by atoms with Gasteiger partial charge in [0.25, 0.3) is 0 Å². The fourth-order valence-corrected chi connectivity index (χ4v) is 3.39. The molecule has 1 saturated heterocycles. The molecule has 1 aliphatic rings. The molecule has 0 aromatic heterocycles. The Balaban J connectivity index is 1.97. The maximum absolute atomic E-state index is 12.8. The molecule has 0 radical (unpaired) electrons. The van der Waals surface area contributed by atoms with E-state index in [9.17, 15) is 9.59 Å². The van der Waals surface area contributed by atoms with E-state index < -0.39 is 0 Å². The molecular formula is C20H31N3O2. The van der Waals surface area contributed by atoms with Crippen molar-refractivity contribution < 1.29 is 9.59 Å². The second-order valence-corrected chi connectivity index (χ2v) is 6.83. The van der Waals surface area contributed by atoms with Crippen LogP contribution in [0.2, 0.25) is 0 Å². The summed E-state index contributed by atoms with van der Waals surface area (Å²) in [6, 6.07) is 10.0. The van der Waals surface area contributed by atoms with Gasteiger partial charge in [0.05, 0.1) is 12.1 Å². The van der Waals surface area contributed by atoms with Crippen LogP contribution in [0.1, 0.15) is 51.6 Å². The Labute approximate surface area is 151 Å². The Kier molecular flexibility index (Phi) is 7.44. The van der Waals surface area contributed by atoms with Gasteiger partial charge < -0.3 is 10.2 Å². The third-order valence-corrected chi connectivity index (χ3v) is 5.00. The summed E-state index contributed by atoms with van der Waals surface area (Å²) in [6.07, 6.45) is 2.86. The monoisotopic (exact) mass is 345 g/mol. The summed E-state index contributed by atoms with van der Waals surface area (Å²) in [4.78, 5) is 28.4. The Hall–Kier alpha value is -1.88. The number of nitrogens with zero attached hydrogens (tertiary/aromatic N) is 2. The van der Waals surface area contributed by atoms with Gasteiger partial charge in [-0.1, -0.05) is 43.7 Å². The summed E-state index contributed by atoms with van der Waals surface area (Å²) in [7, 11) is 0. The van der Waals surface area contributed by atoms with Crippen molar-refractivity contribution in [3.63, 3.8) is 0 Å².